The number of rotatable bonds is 2. The van der Waals surface area contributed by atoms with Gasteiger partial charge in [-0.05, 0) is 42.5 Å². The smallest absolute Gasteiger partial charge is 0.338 e. The van der Waals surface area contributed by atoms with Crippen LogP contribution < -0.4 is 4.90 Å². The average molecular weight is 309 g/mol. The van der Waals surface area contributed by atoms with Crippen LogP contribution in [0.25, 0.3) is 0 Å². The van der Waals surface area contributed by atoms with E-state index in [0.717, 1.165) is 18.1 Å². The fourth-order valence-electron chi connectivity index (χ4n) is 2.76. The third-order valence-corrected chi connectivity index (χ3v) is 4.88. The van der Waals surface area contributed by atoms with Crippen LogP contribution in [0.15, 0.2) is 23.6 Å². The molecule has 0 saturated heterocycles. The molecular formula is C15H13F2NO2S. The highest BCUT2D eigenvalue weighted by atomic mass is 32.1. The molecule has 3 rings (SSSR count). The lowest BCUT2D eigenvalue weighted by Gasteiger charge is -2.35. The minimum absolute atomic E-state index is 0.0652. The maximum atomic E-state index is 14.2. The highest BCUT2D eigenvalue weighted by Gasteiger charge is 2.29. The lowest BCUT2D eigenvalue weighted by Crippen LogP contribution is -2.34. The summed E-state index contributed by atoms with van der Waals surface area (Å²) >= 11 is 1.67. The number of hydrogen-bond acceptors (Lipinski definition) is 3. The molecule has 0 bridgehead atoms. The predicted octanol–water partition coefficient (Wildman–Crippen LogP) is 3.85. The number of benzene rings is 1. The van der Waals surface area contributed by atoms with Crippen LogP contribution in [0.5, 0.6) is 0 Å². The maximum absolute atomic E-state index is 14.2. The van der Waals surface area contributed by atoms with E-state index in [9.17, 15) is 13.6 Å². The second-order valence-electron chi connectivity index (χ2n) is 4.98. The van der Waals surface area contributed by atoms with Crippen molar-refractivity contribution in [1.82, 2.24) is 0 Å². The Labute approximate surface area is 124 Å². The number of thiophene rings is 1. The highest BCUT2D eigenvalue weighted by molar-refractivity contribution is 7.10. The van der Waals surface area contributed by atoms with Gasteiger partial charge in [-0.1, -0.05) is 0 Å². The minimum atomic E-state index is -1.47. The normalized spacial score (nSPS) is 17.7. The Morgan fingerprint density at radius 2 is 2.10 bits per heavy atom. The standard InChI is InChI=1S/C15H13F2NO2S/c1-8-9-5-7-21-12(9)4-6-18(8)11-3-2-10(15(19)20)13(16)14(11)17/h2-3,5,7-8H,4,6H2,1H3,(H,19,20). The third kappa shape index (κ3) is 2.19. The Kier molecular flexibility index (Phi) is 3.41. The zero-order valence-electron chi connectivity index (χ0n) is 11.3. The van der Waals surface area contributed by atoms with Crippen molar-refractivity contribution in [2.45, 2.75) is 19.4 Å². The van der Waals surface area contributed by atoms with Crippen LogP contribution in [-0.2, 0) is 6.42 Å². The monoisotopic (exact) mass is 309 g/mol. The third-order valence-electron chi connectivity index (χ3n) is 3.88. The van der Waals surface area contributed by atoms with Crippen molar-refractivity contribution in [3.8, 4) is 0 Å². The predicted molar refractivity (Wildman–Crippen MR) is 77.1 cm³/mol. The van der Waals surface area contributed by atoms with E-state index >= 15 is 0 Å². The molecule has 21 heavy (non-hydrogen) atoms. The first-order valence-electron chi connectivity index (χ1n) is 6.55. The van der Waals surface area contributed by atoms with Crippen LogP contribution in [0.2, 0.25) is 0 Å². The number of fused-ring (bicyclic) bond motifs is 1. The van der Waals surface area contributed by atoms with E-state index in [-0.39, 0.29) is 11.7 Å². The van der Waals surface area contributed by atoms with E-state index in [0.29, 0.717) is 6.54 Å². The minimum Gasteiger partial charge on any atom is -0.478 e. The van der Waals surface area contributed by atoms with E-state index in [4.69, 9.17) is 5.11 Å². The zero-order chi connectivity index (χ0) is 15.1. The number of carboxylic acids is 1. The Morgan fingerprint density at radius 3 is 2.81 bits per heavy atom. The molecule has 110 valence electrons. The van der Waals surface area contributed by atoms with Gasteiger partial charge in [0.2, 0.25) is 0 Å². The van der Waals surface area contributed by atoms with Gasteiger partial charge in [-0.3, -0.25) is 0 Å². The van der Waals surface area contributed by atoms with Crippen LogP contribution in [0.3, 0.4) is 0 Å². The molecule has 1 unspecified atom stereocenters. The maximum Gasteiger partial charge on any atom is 0.338 e. The summed E-state index contributed by atoms with van der Waals surface area (Å²) in [7, 11) is 0. The van der Waals surface area contributed by atoms with E-state index < -0.39 is 23.2 Å². The fraction of sp³-hybridized carbons (Fsp3) is 0.267. The van der Waals surface area contributed by atoms with Crippen molar-refractivity contribution < 1.29 is 18.7 Å². The van der Waals surface area contributed by atoms with Gasteiger partial charge >= 0.3 is 5.97 Å². The molecule has 3 nitrogen and oxygen atoms in total. The van der Waals surface area contributed by atoms with Crippen molar-refractivity contribution >= 4 is 23.0 Å². The molecule has 2 aromatic rings. The van der Waals surface area contributed by atoms with Gasteiger partial charge in [0.15, 0.2) is 11.6 Å². The summed E-state index contributed by atoms with van der Waals surface area (Å²) in [6.07, 6.45) is 0.777. The molecule has 0 fully saturated rings. The number of halogens is 2. The van der Waals surface area contributed by atoms with E-state index in [1.165, 1.54) is 10.9 Å². The largest absolute Gasteiger partial charge is 0.478 e. The van der Waals surface area contributed by atoms with Gasteiger partial charge < -0.3 is 10.0 Å². The fourth-order valence-corrected chi connectivity index (χ4v) is 3.73. The van der Waals surface area contributed by atoms with Crippen molar-refractivity contribution in [3.63, 3.8) is 0 Å². The average Bonchev–Trinajstić information content (AvgIpc) is 2.92. The quantitative estimate of drug-likeness (QED) is 0.916. The summed E-state index contributed by atoms with van der Waals surface area (Å²) < 4.78 is 28.1. The van der Waals surface area contributed by atoms with Crippen LogP contribution in [-0.4, -0.2) is 17.6 Å². The van der Waals surface area contributed by atoms with E-state index in [1.807, 2.05) is 18.4 Å². The van der Waals surface area contributed by atoms with Crippen molar-refractivity contribution in [1.29, 1.82) is 0 Å². The van der Waals surface area contributed by atoms with Gasteiger partial charge in [0.1, 0.15) is 0 Å². The highest BCUT2D eigenvalue weighted by Crippen LogP contribution is 2.37. The Balaban J connectivity index is 2.02. The summed E-state index contributed by atoms with van der Waals surface area (Å²) in [5, 5.41) is 10.8. The lowest BCUT2D eigenvalue weighted by atomic mass is 10.00. The van der Waals surface area contributed by atoms with Crippen LogP contribution in [0.1, 0.15) is 33.8 Å². The molecule has 0 spiro atoms. The topological polar surface area (TPSA) is 40.5 Å². The van der Waals surface area contributed by atoms with Gasteiger partial charge in [0.25, 0.3) is 0 Å². The van der Waals surface area contributed by atoms with Crippen LogP contribution in [0, 0.1) is 11.6 Å². The summed E-state index contributed by atoms with van der Waals surface area (Å²) in [4.78, 5) is 13.9. The second kappa shape index (κ2) is 5.11. The Bertz CT molecular complexity index is 714. The van der Waals surface area contributed by atoms with Crippen molar-refractivity contribution in [3.05, 3.63) is 51.2 Å². The van der Waals surface area contributed by atoms with Crippen molar-refractivity contribution in [2.75, 3.05) is 11.4 Å². The summed E-state index contributed by atoms with van der Waals surface area (Å²) in [5.41, 5.74) is 0.590. The first-order valence-corrected chi connectivity index (χ1v) is 7.43. The first kappa shape index (κ1) is 14.0. The molecule has 1 aliphatic rings. The van der Waals surface area contributed by atoms with Crippen LogP contribution in [0.4, 0.5) is 14.5 Å². The van der Waals surface area contributed by atoms with Crippen LogP contribution >= 0.6 is 11.3 Å². The number of hydrogen-bond donors (Lipinski definition) is 1. The Hall–Kier alpha value is -1.95. The molecule has 1 N–H and O–H groups in total. The van der Waals surface area contributed by atoms with Gasteiger partial charge in [0, 0.05) is 11.4 Å². The number of aromatic carboxylic acids is 1. The first-order chi connectivity index (χ1) is 10.0. The molecule has 6 heteroatoms. The Morgan fingerprint density at radius 1 is 1.33 bits per heavy atom. The molecule has 1 aromatic carbocycles. The lowest BCUT2D eigenvalue weighted by molar-refractivity contribution is 0.0690. The number of carbonyl (C=O) groups is 1. The molecule has 0 amide bonds. The molecule has 0 aliphatic carbocycles. The SMILES string of the molecule is CC1c2ccsc2CCN1c1ccc(C(=O)O)c(F)c1F. The molecular weight excluding hydrogens is 296 g/mol. The molecule has 2 heterocycles. The van der Waals surface area contributed by atoms with Gasteiger partial charge in [-0.25, -0.2) is 13.6 Å². The molecule has 1 aliphatic heterocycles. The van der Waals surface area contributed by atoms with Gasteiger partial charge in [-0.15, -0.1) is 11.3 Å². The van der Waals surface area contributed by atoms with Gasteiger partial charge in [0.05, 0.1) is 17.3 Å². The zero-order valence-corrected chi connectivity index (χ0v) is 12.1. The molecule has 1 aromatic heterocycles. The number of nitrogens with zero attached hydrogens (tertiary/aromatic N) is 1. The molecule has 1 atom stereocenters. The molecule has 0 saturated carbocycles. The summed E-state index contributed by atoms with van der Waals surface area (Å²) in [6.45, 7) is 2.52. The van der Waals surface area contributed by atoms with Crippen molar-refractivity contribution in [2.24, 2.45) is 0 Å². The second-order valence-corrected chi connectivity index (χ2v) is 5.98. The van der Waals surface area contributed by atoms with E-state index in [1.54, 1.807) is 16.2 Å². The molecule has 0 radical (unpaired) electrons. The number of carboxylic acid groups (broad SMARTS) is 1. The van der Waals surface area contributed by atoms with E-state index in [2.05, 4.69) is 0 Å². The van der Waals surface area contributed by atoms with Gasteiger partial charge in [-0.2, -0.15) is 0 Å². The summed E-state index contributed by atoms with van der Waals surface area (Å²) in [6, 6.07) is 4.39. The summed E-state index contributed by atoms with van der Waals surface area (Å²) in [5.74, 6) is -3.87. The number of anilines is 1.